The highest BCUT2D eigenvalue weighted by atomic mass is 32.2. The van der Waals surface area contributed by atoms with Gasteiger partial charge < -0.3 is 5.32 Å². The third-order valence-electron chi connectivity index (χ3n) is 4.97. The minimum atomic E-state index is -3.46. The smallest absolute Gasteiger partial charge is 0.236 e. The fourth-order valence-corrected chi connectivity index (χ4v) is 4.53. The highest BCUT2D eigenvalue weighted by Gasteiger charge is 2.29. The van der Waals surface area contributed by atoms with E-state index in [1.54, 1.807) is 6.08 Å². The lowest BCUT2D eigenvalue weighted by atomic mass is 9.97. The quantitative estimate of drug-likeness (QED) is 0.780. The van der Waals surface area contributed by atoms with Gasteiger partial charge in [0.25, 0.3) is 0 Å². The van der Waals surface area contributed by atoms with E-state index >= 15 is 0 Å². The van der Waals surface area contributed by atoms with Gasteiger partial charge in [-0.15, -0.1) is 0 Å². The maximum absolute atomic E-state index is 12.5. The Hall–Kier alpha value is -2.44. The average molecular weight is 399 g/mol. The second kappa shape index (κ2) is 9.66. The van der Waals surface area contributed by atoms with Crippen molar-refractivity contribution in [3.05, 3.63) is 77.2 Å². The lowest BCUT2D eigenvalue weighted by Gasteiger charge is -2.29. The molecule has 1 fully saturated rings. The maximum Gasteiger partial charge on any atom is 0.236 e. The molecule has 2 aromatic rings. The molecule has 148 valence electrons. The van der Waals surface area contributed by atoms with Crippen molar-refractivity contribution in [2.75, 3.05) is 19.6 Å². The van der Waals surface area contributed by atoms with Crippen molar-refractivity contribution in [2.24, 2.45) is 5.92 Å². The van der Waals surface area contributed by atoms with Crippen molar-refractivity contribution >= 4 is 22.0 Å². The fraction of sp³-hybridized carbons (Fsp3) is 0.318. The van der Waals surface area contributed by atoms with Crippen LogP contribution in [0.25, 0.3) is 6.08 Å². The lowest BCUT2D eigenvalue weighted by Crippen LogP contribution is -2.42. The lowest BCUT2D eigenvalue weighted by molar-refractivity contribution is -0.126. The molecule has 0 atom stereocenters. The Morgan fingerprint density at radius 1 is 1.00 bits per heavy atom. The maximum atomic E-state index is 12.5. The molecule has 6 heteroatoms. The van der Waals surface area contributed by atoms with Crippen LogP contribution in [0.15, 0.2) is 66.1 Å². The highest BCUT2D eigenvalue weighted by molar-refractivity contribution is 7.92. The summed E-state index contributed by atoms with van der Waals surface area (Å²) >= 11 is 0. The molecule has 0 bridgehead atoms. The summed E-state index contributed by atoms with van der Waals surface area (Å²) in [5.74, 6) is -0.104. The number of piperidine rings is 1. The number of nitrogens with one attached hydrogen (secondary N) is 1. The number of hydrogen-bond acceptors (Lipinski definition) is 3. The molecule has 28 heavy (non-hydrogen) atoms. The van der Waals surface area contributed by atoms with E-state index in [1.165, 1.54) is 15.3 Å². The summed E-state index contributed by atoms with van der Waals surface area (Å²) in [6.45, 7) is 1.34. The van der Waals surface area contributed by atoms with Crippen molar-refractivity contribution in [1.82, 2.24) is 9.62 Å². The van der Waals surface area contributed by atoms with Crippen LogP contribution < -0.4 is 5.32 Å². The van der Waals surface area contributed by atoms with Gasteiger partial charge in [-0.3, -0.25) is 4.79 Å². The van der Waals surface area contributed by atoms with E-state index in [9.17, 15) is 13.2 Å². The van der Waals surface area contributed by atoms with Crippen LogP contribution in [0.1, 0.15) is 24.0 Å². The summed E-state index contributed by atoms with van der Waals surface area (Å²) in [5, 5.41) is 4.23. The first-order chi connectivity index (χ1) is 13.5. The van der Waals surface area contributed by atoms with Crippen LogP contribution in [0.3, 0.4) is 0 Å². The van der Waals surface area contributed by atoms with Gasteiger partial charge in [0, 0.05) is 31.0 Å². The van der Waals surface area contributed by atoms with Gasteiger partial charge in [0.15, 0.2) is 0 Å². The van der Waals surface area contributed by atoms with E-state index in [2.05, 4.69) is 5.32 Å². The Labute approximate surface area is 167 Å². The van der Waals surface area contributed by atoms with Crippen LogP contribution in [0.5, 0.6) is 0 Å². The molecule has 3 rings (SSSR count). The zero-order valence-electron chi connectivity index (χ0n) is 15.8. The number of benzene rings is 2. The summed E-state index contributed by atoms with van der Waals surface area (Å²) in [6, 6.07) is 19.4. The Morgan fingerprint density at radius 3 is 2.25 bits per heavy atom. The minimum Gasteiger partial charge on any atom is -0.356 e. The second-order valence-corrected chi connectivity index (χ2v) is 8.78. The molecule has 1 saturated heterocycles. The molecule has 0 saturated carbocycles. The first-order valence-corrected chi connectivity index (χ1v) is 11.1. The molecule has 1 aliphatic heterocycles. The largest absolute Gasteiger partial charge is 0.356 e. The van der Waals surface area contributed by atoms with Gasteiger partial charge in [-0.25, -0.2) is 8.42 Å². The van der Waals surface area contributed by atoms with Crippen LogP contribution >= 0.6 is 0 Å². The Morgan fingerprint density at radius 2 is 1.61 bits per heavy atom. The predicted octanol–water partition coefficient (Wildman–Crippen LogP) is 3.06. The van der Waals surface area contributed by atoms with Crippen molar-refractivity contribution in [2.45, 2.75) is 19.3 Å². The van der Waals surface area contributed by atoms with E-state index in [1.807, 2.05) is 60.7 Å². The van der Waals surface area contributed by atoms with Crippen molar-refractivity contribution in [3.63, 3.8) is 0 Å². The Bertz CT molecular complexity index is 888. The summed E-state index contributed by atoms with van der Waals surface area (Å²) in [4.78, 5) is 12.4. The zero-order chi connectivity index (χ0) is 19.8. The average Bonchev–Trinajstić information content (AvgIpc) is 2.74. The first-order valence-electron chi connectivity index (χ1n) is 9.59. The monoisotopic (exact) mass is 398 g/mol. The van der Waals surface area contributed by atoms with E-state index in [4.69, 9.17) is 0 Å². The summed E-state index contributed by atoms with van der Waals surface area (Å²) in [6.07, 6.45) is 3.51. The van der Waals surface area contributed by atoms with Crippen LogP contribution in [-0.4, -0.2) is 38.3 Å². The van der Waals surface area contributed by atoms with Gasteiger partial charge in [0.2, 0.25) is 15.9 Å². The van der Waals surface area contributed by atoms with Gasteiger partial charge in [0.1, 0.15) is 0 Å². The second-order valence-electron chi connectivity index (χ2n) is 6.96. The van der Waals surface area contributed by atoms with Crippen LogP contribution in [0.2, 0.25) is 0 Å². The molecule has 1 N–H and O–H groups in total. The number of hydrogen-bond donors (Lipinski definition) is 1. The number of rotatable bonds is 7. The molecule has 0 spiro atoms. The molecule has 1 heterocycles. The minimum absolute atomic E-state index is 0.0211. The normalized spacial score (nSPS) is 16.3. The van der Waals surface area contributed by atoms with E-state index < -0.39 is 10.0 Å². The fourth-order valence-electron chi connectivity index (χ4n) is 3.31. The molecule has 2 aromatic carbocycles. The predicted molar refractivity (Wildman–Crippen MR) is 112 cm³/mol. The summed E-state index contributed by atoms with van der Waals surface area (Å²) < 4.78 is 26.5. The Kier molecular flexibility index (Phi) is 7.01. The molecule has 1 aliphatic rings. The molecule has 0 aromatic heterocycles. The van der Waals surface area contributed by atoms with Gasteiger partial charge in [-0.1, -0.05) is 60.7 Å². The number of sulfonamides is 1. The molecule has 0 aliphatic carbocycles. The van der Waals surface area contributed by atoms with Gasteiger partial charge >= 0.3 is 0 Å². The van der Waals surface area contributed by atoms with E-state index in [0.29, 0.717) is 32.5 Å². The third-order valence-corrected chi connectivity index (χ3v) is 6.54. The molecular formula is C22H26N2O3S. The summed E-state index contributed by atoms with van der Waals surface area (Å²) in [5.41, 5.74) is 2.03. The van der Waals surface area contributed by atoms with E-state index in [0.717, 1.165) is 12.0 Å². The van der Waals surface area contributed by atoms with Crippen molar-refractivity contribution in [1.29, 1.82) is 0 Å². The standard InChI is InChI=1S/C22H26N2O3S/c25-22(23-15-11-19-7-3-1-4-8-19)21-12-16-24(17-13-21)28(26,27)18-14-20-9-5-2-6-10-20/h1-10,14,18,21H,11-13,15-17H2,(H,23,25)/b18-14+. The molecule has 0 radical (unpaired) electrons. The van der Waals surface area contributed by atoms with Crippen LogP contribution in [-0.2, 0) is 21.2 Å². The van der Waals surface area contributed by atoms with Crippen molar-refractivity contribution < 1.29 is 13.2 Å². The number of nitrogens with zero attached hydrogens (tertiary/aromatic N) is 1. The highest BCUT2D eigenvalue weighted by Crippen LogP contribution is 2.21. The van der Waals surface area contributed by atoms with Crippen LogP contribution in [0.4, 0.5) is 0 Å². The van der Waals surface area contributed by atoms with Gasteiger partial charge in [0.05, 0.1) is 0 Å². The van der Waals surface area contributed by atoms with Gasteiger partial charge in [-0.05, 0) is 36.5 Å². The van der Waals surface area contributed by atoms with E-state index in [-0.39, 0.29) is 11.8 Å². The molecule has 5 nitrogen and oxygen atoms in total. The van der Waals surface area contributed by atoms with Crippen LogP contribution in [0, 0.1) is 5.92 Å². The number of carbonyl (C=O) groups is 1. The third kappa shape index (κ3) is 5.78. The SMILES string of the molecule is O=C(NCCc1ccccc1)C1CCN(S(=O)(=O)/C=C/c2ccccc2)CC1. The molecule has 1 amide bonds. The summed E-state index contributed by atoms with van der Waals surface area (Å²) in [7, 11) is -3.46. The number of carbonyl (C=O) groups excluding carboxylic acids is 1. The zero-order valence-corrected chi connectivity index (χ0v) is 16.6. The van der Waals surface area contributed by atoms with Gasteiger partial charge in [-0.2, -0.15) is 4.31 Å². The Balaban J connectivity index is 1.45. The molecular weight excluding hydrogens is 372 g/mol. The van der Waals surface area contributed by atoms with Crippen molar-refractivity contribution in [3.8, 4) is 0 Å². The molecule has 0 unspecified atom stereocenters. The number of amides is 1. The first kappa shape index (κ1) is 20.3. The topological polar surface area (TPSA) is 66.5 Å².